The van der Waals surface area contributed by atoms with Crippen molar-refractivity contribution in [2.75, 3.05) is 19.6 Å². The van der Waals surface area contributed by atoms with Gasteiger partial charge in [0.15, 0.2) is 0 Å². The molecule has 2 atom stereocenters. The summed E-state index contributed by atoms with van der Waals surface area (Å²) in [5.41, 5.74) is 0.635. The molecule has 0 aromatic heterocycles. The van der Waals surface area contributed by atoms with Gasteiger partial charge in [-0.2, -0.15) is 0 Å². The molecule has 1 aliphatic carbocycles. The number of nitrogens with zero attached hydrogens (tertiary/aromatic N) is 2. The number of amides is 2. The zero-order valence-electron chi connectivity index (χ0n) is 17.9. The van der Waals surface area contributed by atoms with Crippen LogP contribution in [0.1, 0.15) is 43.2 Å². The van der Waals surface area contributed by atoms with Crippen LogP contribution in [-0.2, 0) is 16.1 Å². The van der Waals surface area contributed by atoms with Gasteiger partial charge in [-0.05, 0) is 17.5 Å². The molecule has 0 unspecified atom stereocenters. The number of rotatable bonds is 6. The summed E-state index contributed by atoms with van der Waals surface area (Å²) >= 11 is 0. The Labute approximate surface area is 182 Å². The molecular weight excluding hydrogens is 395 g/mol. The molecule has 2 aromatic rings. The van der Waals surface area contributed by atoms with Gasteiger partial charge in [0.05, 0.1) is 6.54 Å². The summed E-state index contributed by atoms with van der Waals surface area (Å²) in [5, 5.41) is 0. The molecule has 1 aliphatic heterocycles. The van der Waals surface area contributed by atoms with E-state index < -0.39 is 11.8 Å². The fraction of sp³-hybridized carbons (Fsp3) is 0.440. The second-order valence-corrected chi connectivity index (χ2v) is 8.65. The highest BCUT2D eigenvalue weighted by atomic mass is 19.1. The van der Waals surface area contributed by atoms with Crippen molar-refractivity contribution in [1.29, 1.82) is 0 Å². The van der Waals surface area contributed by atoms with Crippen molar-refractivity contribution in [3.05, 3.63) is 71.8 Å². The summed E-state index contributed by atoms with van der Waals surface area (Å²) in [6.07, 6.45) is 0.873. The number of alkyl halides is 1. The van der Waals surface area contributed by atoms with E-state index in [-0.39, 0.29) is 43.9 Å². The second-order valence-electron chi connectivity index (χ2n) is 8.65. The Hall–Kier alpha value is -2.89. The molecule has 0 spiro atoms. The van der Waals surface area contributed by atoms with E-state index in [9.17, 15) is 9.59 Å². The fourth-order valence-electron chi connectivity index (χ4n) is 4.41. The normalized spacial score (nSPS) is 21.9. The molecule has 4 rings (SSSR count). The molecule has 2 aromatic carbocycles. The van der Waals surface area contributed by atoms with Crippen LogP contribution in [0.3, 0.4) is 0 Å². The zero-order valence-corrected chi connectivity index (χ0v) is 17.9. The van der Waals surface area contributed by atoms with E-state index >= 15 is 4.39 Å². The molecule has 1 heterocycles. The van der Waals surface area contributed by atoms with Crippen molar-refractivity contribution in [3.8, 4) is 0 Å². The summed E-state index contributed by atoms with van der Waals surface area (Å²) < 4.78 is 21.0. The molecule has 2 fully saturated rings. The standard InChI is InChI=1S/C25H29FN2O3/c1-19(29)28(23-16-22(23)21-10-6-3-7-11-21)18-25(26)12-14-27(15-13-25)24(30)31-17-20-8-4-2-5-9-20/h2-11,22-23H,12-18H2,1H3/t22-,23+/m0/s1. The van der Waals surface area contributed by atoms with Gasteiger partial charge in [0, 0.05) is 44.8 Å². The average molecular weight is 425 g/mol. The van der Waals surface area contributed by atoms with Crippen LogP contribution in [-0.4, -0.2) is 53.1 Å². The monoisotopic (exact) mass is 424 g/mol. The van der Waals surface area contributed by atoms with Gasteiger partial charge in [0.25, 0.3) is 0 Å². The highest BCUT2D eigenvalue weighted by Gasteiger charge is 2.47. The van der Waals surface area contributed by atoms with Gasteiger partial charge in [-0.25, -0.2) is 9.18 Å². The van der Waals surface area contributed by atoms with Crippen molar-refractivity contribution >= 4 is 12.0 Å². The van der Waals surface area contributed by atoms with Gasteiger partial charge in [-0.15, -0.1) is 0 Å². The van der Waals surface area contributed by atoms with Crippen molar-refractivity contribution in [3.63, 3.8) is 0 Å². The summed E-state index contributed by atoms with van der Waals surface area (Å²) in [7, 11) is 0. The molecule has 0 radical (unpaired) electrons. The maximum Gasteiger partial charge on any atom is 0.410 e. The predicted octanol–water partition coefficient (Wildman–Crippen LogP) is 4.53. The molecule has 0 bridgehead atoms. The number of hydrogen-bond donors (Lipinski definition) is 0. The van der Waals surface area contributed by atoms with Crippen LogP contribution < -0.4 is 0 Å². The molecule has 164 valence electrons. The molecule has 2 amide bonds. The number of halogens is 1. The van der Waals surface area contributed by atoms with Crippen molar-refractivity contribution in [2.45, 2.75) is 50.4 Å². The van der Waals surface area contributed by atoms with E-state index in [4.69, 9.17) is 4.74 Å². The van der Waals surface area contributed by atoms with Crippen molar-refractivity contribution in [2.24, 2.45) is 0 Å². The SMILES string of the molecule is CC(=O)N(CC1(F)CCN(C(=O)OCc2ccccc2)CC1)[C@@H]1C[C@H]1c1ccccc1. The number of carbonyl (C=O) groups excluding carboxylic acids is 2. The quantitative estimate of drug-likeness (QED) is 0.685. The van der Waals surface area contributed by atoms with Crippen LogP contribution in [0.2, 0.25) is 0 Å². The van der Waals surface area contributed by atoms with E-state index in [1.54, 1.807) is 9.80 Å². The first-order chi connectivity index (χ1) is 15.0. The van der Waals surface area contributed by atoms with Crippen LogP contribution in [0.25, 0.3) is 0 Å². The lowest BCUT2D eigenvalue weighted by Crippen LogP contribution is -2.51. The van der Waals surface area contributed by atoms with E-state index in [0.29, 0.717) is 13.1 Å². The molecule has 0 N–H and O–H groups in total. The smallest absolute Gasteiger partial charge is 0.410 e. The number of piperidine rings is 1. The Kier molecular flexibility index (Phi) is 6.25. The van der Waals surface area contributed by atoms with Crippen molar-refractivity contribution in [1.82, 2.24) is 9.80 Å². The van der Waals surface area contributed by atoms with Crippen LogP contribution in [0.4, 0.5) is 9.18 Å². The summed E-state index contributed by atoms with van der Waals surface area (Å²) in [6.45, 7) is 2.39. The Bertz CT molecular complexity index is 897. The number of carbonyl (C=O) groups is 2. The lowest BCUT2D eigenvalue weighted by Gasteiger charge is -2.38. The van der Waals surface area contributed by atoms with E-state index in [2.05, 4.69) is 12.1 Å². The van der Waals surface area contributed by atoms with Crippen LogP contribution in [0.15, 0.2) is 60.7 Å². The van der Waals surface area contributed by atoms with Crippen LogP contribution in [0.5, 0.6) is 0 Å². The fourth-order valence-corrected chi connectivity index (χ4v) is 4.41. The lowest BCUT2D eigenvalue weighted by molar-refractivity contribution is -0.132. The summed E-state index contributed by atoms with van der Waals surface area (Å²) in [5.74, 6) is 0.187. The van der Waals surface area contributed by atoms with Gasteiger partial charge in [-0.3, -0.25) is 4.79 Å². The van der Waals surface area contributed by atoms with Crippen LogP contribution in [0, 0.1) is 0 Å². The van der Waals surface area contributed by atoms with Crippen LogP contribution >= 0.6 is 0 Å². The third kappa shape index (κ3) is 5.24. The number of ether oxygens (including phenoxy) is 1. The number of likely N-dealkylation sites (tertiary alicyclic amines) is 1. The van der Waals surface area contributed by atoms with Gasteiger partial charge in [0.1, 0.15) is 12.3 Å². The third-order valence-corrected chi connectivity index (χ3v) is 6.37. The Morgan fingerprint density at radius 1 is 1.06 bits per heavy atom. The highest BCUT2D eigenvalue weighted by Crippen LogP contribution is 2.45. The molecule has 5 nitrogen and oxygen atoms in total. The maximum absolute atomic E-state index is 15.6. The largest absolute Gasteiger partial charge is 0.445 e. The molecule has 6 heteroatoms. The zero-order chi connectivity index (χ0) is 21.8. The summed E-state index contributed by atoms with van der Waals surface area (Å²) in [6, 6.07) is 19.6. The number of hydrogen-bond acceptors (Lipinski definition) is 3. The number of benzene rings is 2. The van der Waals surface area contributed by atoms with E-state index in [1.165, 1.54) is 12.5 Å². The first-order valence-corrected chi connectivity index (χ1v) is 10.9. The maximum atomic E-state index is 15.6. The van der Waals surface area contributed by atoms with Gasteiger partial charge >= 0.3 is 6.09 Å². The minimum atomic E-state index is -1.48. The van der Waals surface area contributed by atoms with Gasteiger partial charge < -0.3 is 14.5 Å². The second kappa shape index (κ2) is 9.08. The Balaban J connectivity index is 1.29. The topological polar surface area (TPSA) is 49.9 Å². The van der Waals surface area contributed by atoms with Crippen molar-refractivity contribution < 1.29 is 18.7 Å². The first kappa shape index (κ1) is 21.3. The minimum absolute atomic E-state index is 0.0568. The summed E-state index contributed by atoms with van der Waals surface area (Å²) in [4.78, 5) is 27.9. The molecule has 2 aliphatic rings. The third-order valence-electron chi connectivity index (χ3n) is 6.37. The highest BCUT2D eigenvalue weighted by molar-refractivity contribution is 5.74. The Morgan fingerprint density at radius 3 is 2.29 bits per heavy atom. The molecule has 1 saturated carbocycles. The molecule has 1 saturated heterocycles. The molecule has 31 heavy (non-hydrogen) atoms. The van der Waals surface area contributed by atoms with Gasteiger partial charge in [-0.1, -0.05) is 60.7 Å². The average Bonchev–Trinajstić information content (AvgIpc) is 3.58. The van der Waals surface area contributed by atoms with Gasteiger partial charge in [0.2, 0.25) is 5.91 Å². The Morgan fingerprint density at radius 2 is 1.68 bits per heavy atom. The first-order valence-electron chi connectivity index (χ1n) is 10.9. The molecular formula is C25H29FN2O3. The van der Waals surface area contributed by atoms with E-state index in [0.717, 1.165) is 12.0 Å². The van der Waals surface area contributed by atoms with E-state index in [1.807, 2.05) is 48.5 Å². The minimum Gasteiger partial charge on any atom is -0.445 e. The lowest BCUT2D eigenvalue weighted by atomic mass is 9.92. The predicted molar refractivity (Wildman–Crippen MR) is 116 cm³/mol.